The largest absolute Gasteiger partial charge is 0.494 e. The monoisotopic (exact) mass is 521 g/mol. The fourth-order valence-electron chi connectivity index (χ4n) is 5.74. The molecule has 1 aliphatic rings. The number of benzene rings is 5. The minimum Gasteiger partial charge on any atom is -0.399 e. The van der Waals surface area contributed by atoms with Crippen molar-refractivity contribution < 1.29 is 9.31 Å². The number of hydrogen-bond donors (Lipinski definition) is 0. The topological polar surface area (TPSA) is 23.4 Å². The highest BCUT2D eigenvalue weighted by Crippen LogP contribution is 2.38. The molecule has 196 valence electrons. The molecule has 0 amide bonds. The molecule has 40 heavy (non-hydrogen) atoms. The van der Waals surface area contributed by atoms with Gasteiger partial charge < -0.3 is 13.9 Å². The van der Waals surface area contributed by atoms with Crippen LogP contribution in [0.5, 0.6) is 0 Å². The Balaban J connectivity index is 1.42. The Kier molecular flexibility index (Phi) is 5.74. The van der Waals surface area contributed by atoms with Gasteiger partial charge in [-0.2, -0.15) is 0 Å². The van der Waals surface area contributed by atoms with E-state index in [0.29, 0.717) is 0 Å². The molecule has 0 spiro atoms. The van der Waals surface area contributed by atoms with Crippen molar-refractivity contribution in [3.8, 4) is 27.9 Å². The summed E-state index contributed by atoms with van der Waals surface area (Å²) in [6.07, 6.45) is 0. The molecule has 0 radical (unpaired) electrons. The quantitative estimate of drug-likeness (QED) is 0.218. The lowest BCUT2D eigenvalue weighted by atomic mass is 9.76. The van der Waals surface area contributed by atoms with Crippen molar-refractivity contribution in [1.29, 1.82) is 0 Å². The van der Waals surface area contributed by atoms with Gasteiger partial charge >= 0.3 is 7.12 Å². The first-order valence-electron chi connectivity index (χ1n) is 14.0. The number of hydrogen-bond acceptors (Lipinski definition) is 2. The van der Waals surface area contributed by atoms with E-state index >= 15 is 0 Å². The van der Waals surface area contributed by atoms with Gasteiger partial charge in [0.25, 0.3) is 0 Å². The standard InChI is InChI=1S/C36H32BNO2/c1-35(2)36(3,4)40-37(39-35)29-22-27(25-13-7-5-8-14-25)21-28(23-29)26-19-20-34-32(24-26)31-17-11-12-18-33(31)38(34)30-15-9-6-10-16-30/h5-24H,1-4H3. The van der Waals surface area contributed by atoms with E-state index in [2.05, 4.69) is 154 Å². The molecule has 1 saturated heterocycles. The van der Waals surface area contributed by atoms with Gasteiger partial charge in [0.2, 0.25) is 0 Å². The minimum atomic E-state index is -0.434. The van der Waals surface area contributed by atoms with Crippen LogP contribution < -0.4 is 5.46 Å². The molecule has 3 nitrogen and oxygen atoms in total. The Labute approximate surface area is 236 Å². The fourth-order valence-corrected chi connectivity index (χ4v) is 5.74. The predicted molar refractivity (Wildman–Crippen MR) is 167 cm³/mol. The summed E-state index contributed by atoms with van der Waals surface area (Å²) < 4.78 is 15.3. The van der Waals surface area contributed by atoms with E-state index in [1.165, 1.54) is 32.9 Å². The summed E-state index contributed by atoms with van der Waals surface area (Å²) in [6.45, 7) is 8.41. The van der Waals surface area contributed by atoms with Gasteiger partial charge in [0.1, 0.15) is 0 Å². The molecular weight excluding hydrogens is 489 g/mol. The van der Waals surface area contributed by atoms with E-state index in [0.717, 1.165) is 22.3 Å². The zero-order valence-corrected chi connectivity index (χ0v) is 23.4. The average Bonchev–Trinajstić information content (AvgIpc) is 3.42. The Morgan fingerprint density at radius 1 is 0.500 bits per heavy atom. The number of aromatic nitrogens is 1. The van der Waals surface area contributed by atoms with Crippen molar-refractivity contribution in [3.63, 3.8) is 0 Å². The lowest BCUT2D eigenvalue weighted by Crippen LogP contribution is -2.41. The van der Waals surface area contributed by atoms with Crippen LogP contribution in [0.25, 0.3) is 49.7 Å². The maximum Gasteiger partial charge on any atom is 0.494 e. The minimum absolute atomic E-state index is 0.404. The summed E-state index contributed by atoms with van der Waals surface area (Å²) in [6, 6.07) is 43.3. The van der Waals surface area contributed by atoms with E-state index in [9.17, 15) is 0 Å². The molecule has 0 aliphatic carbocycles. The van der Waals surface area contributed by atoms with E-state index in [-0.39, 0.29) is 0 Å². The molecule has 0 N–H and O–H groups in total. The first-order chi connectivity index (χ1) is 19.3. The van der Waals surface area contributed by atoms with Gasteiger partial charge in [-0.15, -0.1) is 0 Å². The van der Waals surface area contributed by atoms with Crippen LogP contribution in [0.1, 0.15) is 27.7 Å². The second-order valence-electron chi connectivity index (χ2n) is 11.7. The second kappa shape index (κ2) is 9.23. The molecule has 2 heterocycles. The lowest BCUT2D eigenvalue weighted by Gasteiger charge is -2.32. The van der Waals surface area contributed by atoms with Crippen molar-refractivity contribution in [2.24, 2.45) is 0 Å². The van der Waals surface area contributed by atoms with Crippen LogP contribution in [0.4, 0.5) is 0 Å². The Morgan fingerprint density at radius 3 is 1.77 bits per heavy atom. The second-order valence-corrected chi connectivity index (χ2v) is 11.7. The molecule has 5 aromatic carbocycles. The van der Waals surface area contributed by atoms with Gasteiger partial charge in [0.15, 0.2) is 0 Å². The molecule has 4 heteroatoms. The molecule has 0 bridgehead atoms. The third-order valence-electron chi connectivity index (χ3n) is 8.61. The van der Waals surface area contributed by atoms with Gasteiger partial charge in [0, 0.05) is 16.5 Å². The highest BCUT2D eigenvalue weighted by Gasteiger charge is 2.51. The Morgan fingerprint density at radius 2 is 1.07 bits per heavy atom. The Bertz CT molecular complexity index is 1840. The van der Waals surface area contributed by atoms with E-state index < -0.39 is 18.3 Å². The highest BCUT2D eigenvalue weighted by molar-refractivity contribution is 6.62. The van der Waals surface area contributed by atoms with Gasteiger partial charge in [-0.1, -0.05) is 84.9 Å². The number of rotatable bonds is 4. The average molecular weight is 521 g/mol. The maximum absolute atomic E-state index is 6.49. The molecule has 1 aliphatic heterocycles. The van der Waals surface area contributed by atoms with E-state index in [1.54, 1.807) is 0 Å². The van der Waals surface area contributed by atoms with Crippen molar-refractivity contribution in [2.75, 3.05) is 0 Å². The molecule has 1 aromatic heterocycles. The number of fused-ring (bicyclic) bond motifs is 3. The van der Waals surface area contributed by atoms with E-state index in [4.69, 9.17) is 9.31 Å². The van der Waals surface area contributed by atoms with Gasteiger partial charge in [-0.25, -0.2) is 0 Å². The fraction of sp³-hybridized carbons (Fsp3) is 0.167. The number of para-hydroxylation sites is 2. The summed E-state index contributed by atoms with van der Waals surface area (Å²) in [5, 5.41) is 2.48. The van der Waals surface area contributed by atoms with Crippen LogP contribution in [0.3, 0.4) is 0 Å². The lowest BCUT2D eigenvalue weighted by molar-refractivity contribution is 0.00578. The summed E-state index contributed by atoms with van der Waals surface area (Å²) in [5.41, 5.74) is 8.41. The van der Waals surface area contributed by atoms with Crippen LogP contribution in [-0.4, -0.2) is 22.9 Å². The Hall–Kier alpha value is -4.12. The van der Waals surface area contributed by atoms with Crippen molar-refractivity contribution in [3.05, 3.63) is 121 Å². The molecule has 0 atom stereocenters. The van der Waals surface area contributed by atoms with Crippen molar-refractivity contribution in [2.45, 2.75) is 38.9 Å². The van der Waals surface area contributed by atoms with Crippen LogP contribution in [-0.2, 0) is 9.31 Å². The summed E-state index contributed by atoms with van der Waals surface area (Å²) >= 11 is 0. The van der Waals surface area contributed by atoms with Gasteiger partial charge in [0.05, 0.1) is 22.2 Å². The van der Waals surface area contributed by atoms with Gasteiger partial charge in [-0.3, -0.25) is 0 Å². The normalized spacial score (nSPS) is 16.1. The summed E-state index contributed by atoms with van der Waals surface area (Å²) in [4.78, 5) is 0. The van der Waals surface area contributed by atoms with Crippen molar-refractivity contribution in [1.82, 2.24) is 4.57 Å². The van der Waals surface area contributed by atoms with Crippen LogP contribution in [0.15, 0.2) is 121 Å². The third kappa shape index (κ3) is 4.07. The predicted octanol–water partition coefficient (Wildman–Crippen LogP) is 8.42. The van der Waals surface area contributed by atoms with Crippen LogP contribution in [0, 0.1) is 0 Å². The SMILES string of the molecule is CC1(C)OB(c2cc(-c3ccccc3)cc(-c3ccc4c(c3)c3ccccc3n4-c3ccccc3)c2)OC1(C)C. The highest BCUT2D eigenvalue weighted by atomic mass is 16.7. The molecule has 6 aromatic rings. The maximum atomic E-state index is 6.49. The number of nitrogens with zero attached hydrogens (tertiary/aromatic N) is 1. The molecule has 7 rings (SSSR count). The molecule has 1 fully saturated rings. The smallest absolute Gasteiger partial charge is 0.399 e. The van der Waals surface area contributed by atoms with E-state index in [1.807, 2.05) is 0 Å². The summed E-state index contributed by atoms with van der Waals surface area (Å²) in [5.74, 6) is 0. The molecule has 0 saturated carbocycles. The van der Waals surface area contributed by atoms with Crippen LogP contribution >= 0.6 is 0 Å². The van der Waals surface area contributed by atoms with Gasteiger partial charge in [-0.05, 0) is 91.8 Å². The first kappa shape index (κ1) is 24.9. The van der Waals surface area contributed by atoms with Crippen LogP contribution in [0.2, 0.25) is 0 Å². The summed E-state index contributed by atoms with van der Waals surface area (Å²) in [7, 11) is -0.434. The molecule has 0 unspecified atom stereocenters. The zero-order valence-electron chi connectivity index (χ0n) is 23.4. The molecular formula is C36H32BNO2. The zero-order chi connectivity index (χ0) is 27.5. The first-order valence-corrected chi connectivity index (χ1v) is 14.0. The van der Waals surface area contributed by atoms with Crippen molar-refractivity contribution >= 4 is 34.4 Å². The third-order valence-corrected chi connectivity index (χ3v) is 8.61.